The molecule has 0 radical (unpaired) electrons. The van der Waals surface area contributed by atoms with Crippen molar-refractivity contribution in [2.75, 3.05) is 35.8 Å². The molecule has 21 heavy (non-hydrogen) atoms. The third-order valence-corrected chi connectivity index (χ3v) is 3.64. The quantitative estimate of drug-likeness (QED) is 0.752. The molecule has 0 fully saturated rings. The lowest BCUT2D eigenvalue weighted by atomic mass is 10.2. The molecule has 0 bridgehead atoms. The van der Waals surface area contributed by atoms with Crippen molar-refractivity contribution in [1.29, 1.82) is 0 Å². The summed E-state index contributed by atoms with van der Waals surface area (Å²) in [6.45, 7) is 8.87. The van der Waals surface area contributed by atoms with Gasteiger partial charge in [-0.3, -0.25) is 0 Å². The molecular formula is C14H27N5OS. The van der Waals surface area contributed by atoms with E-state index in [0.717, 1.165) is 18.7 Å². The van der Waals surface area contributed by atoms with E-state index in [0.29, 0.717) is 23.9 Å². The van der Waals surface area contributed by atoms with Gasteiger partial charge in [0, 0.05) is 19.6 Å². The maximum atomic E-state index is 5.62. The lowest BCUT2D eigenvalue weighted by Crippen LogP contribution is -2.31. The third kappa shape index (κ3) is 5.95. The van der Waals surface area contributed by atoms with E-state index in [9.17, 15) is 0 Å². The average Bonchev–Trinajstić information content (AvgIpc) is 2.43. The van der Waals surface area contributed by atoms with Gasteiger partial charge in [-0.2, -0.15) is 26.7 Å². The predicted molar refractivity (Wildman–Crippen MR) is 90.6 cm³/mol. The molecular weight excluding hydrogens is 286 g/mol. The van der Waals surface area contributed by atoms with Crippen molar-refractivity contribution in [3.05, 3.63) is 0 Å². The number of ether oxygens (including phenoxy) is 1. The summed E-state index contributed by atoms with van der Waals surface area (Å²) in [6.07, 6.45) is 3.24. The molecule has 0 amide bonds. The van der Waals surface area contributed by atoms with Crippen LogP contribution >= 0.6 is 11.8 Å². The van der Waals surface area contributed by atoms with Gasteiger partial charge in [-0.25, -0.2) is 0 Å². The van der Waals surface area contributed by atoms with Crippen molar-refractivity contribution >= 4 is 23.7 Å². The van der Waals surface area contributed by atoms with E-state index in [1.54, 1.807) is 0 Å². The van der Waals surface area contributed by atoms with Gasteiger partial charge < -0.3 is 15.0 Å². The molecule has 1 unspecified atom stereocenters. The molecule has 0 aromatic carbocycles. The minimum absolute atomic E-state index is 0.0361. The van der Waals surface area contributed by atoms with E-state index in [-0.39, 0.29) is 6.10 Å². The highest BCUT2D eigenvalue weighted by atomic mass is 32.2. The summed E-state index contributed by atoms with van der Waals surface area (Å²) in [5, 5.41) is 3.13. The molecule has 0 saturated carbocycles. The van der Waals surface area contributed by atoms with E-state index in [1.165, 1.54) is 0 Å². The normalized spacial score (nSPS) is 12.3. The van der Waals surface area contributed by atoms with E-state index < -0.39 is 0 Å². The largest absolute Gasteiger partial charge is 0.461 e. The first-order valence-electron chi connectivity index (χ1n) is 7.36. The molecule has 0 aliphatic carbocycles. The highest BCUT2D eigenvalue weighted by molar-refractivity contribution is 7.98. The van der Waals surface area contributed by atoms with Crippen LogP contribution in [0.25, 0.3) is 0 Å². The summed E-state index contributed by atoms with van der Waals surface area (Å²) in [6, 6.07) is 0.732. The van der Waals surface area contributed by atoms with Crippen LogP contribution in [0.15, 0.2) is 0 Å². The number of rotatable bonds is 9. The van der Waals surface area contributed by atoms with Crippen molar-refractivity contribution in [3.8, 4) is 6.01 Å². The zero-order chi connectivity index (χ0) is 15.8. The fourth-order valence-electron chi connectivity index (χ4n) is 1.68. The van der Waals surface area contributed by atoms with Crippen LogP contribution in [0, 0.1) is 0 Å². The van der Waals surface area contributed by atoms with Crippen molar-refractivity contribution in [2.45, 2.75) is 46.3 Å². The molecule has 1 aromatic rings. The zero-order valence-corrected chi connectivity index (χ0v) is 14.7. The first-order valence-corrected chi connectivity index (χ1v) is 8.75. The smallest absolute Gasteiger partial charge is 0.323 e. The van der Waals surface area contributed by atoms with Crippen LogP contribution < -0.4 is 15.0 Å². The summed E-state index contributed by atoms with van der Waals surface area (Å²) in [4.78, 5) is 15.2. The Morgan fingerprint density at radius 1 is 1.24 bits per heavy atom. The Bertz CT molecular complexity index is 430. The summed E-state index contributed by atoms with van der Waals surface area (Å²) >= 11 is 1.85. The average molecular weight is 313 g/mol. The zero-order valence-electron chi connectivity index (χ0n) is 13.9. The third-order valence-electron chi connectivity index (χ3n) is 3.00. The van der Waals surface area contributed by atoms with Crippen LogP contribution in [0.5, 0.6) is 6.01 Å². The van der Waals surface area contributed by atoms with Crippen LogP contribution in [-0.2, 0) is 0 Å². The topological polar surface area (TPSA) is 63.2 Å². The summed E-state index contributed by atoms with van der Waals surface area (Å²) in [7, 11) is 2.01. The van der Waals surface area contributed by atoms with Gasteiger partial charge in [-0.05, 0) is 46.1 Å². The van der Waals surface area contributed by atoms with Gasteiger partial charge in [0.2, 0.25) is 11.9 Å². The summed E-state index contributed by atoms with van der Waals surface area (Å²) in [5.41, 5.74) is 0. The van der Waals surface area contributed by atoms with Crippen LogP contribution in [0.2, 0.25) is 0 Å². The Hall–Kier alpha value is -1.24. The minimum atomic E-state index is 0.0361. The molecule has 1 rings (SSSR count). The molecule has 1 atom stereocenters. The molecule has 7 heteroatoms. The van der Waals surface area contributed by atoms with Crippen molar-refractivity contribution < 1.29 is 4.74 Å². The maximum absolute atomic E-state index is 5.62. The van der Waals surface area contributed by atoms with Crippen LogP contribution in [0.3, 0.4) is 0 Å². The highest BCUT2D eigenvalue weighted by Crippen LogP contribution is 2.18. The number of aromatic nitrogens is 3. The van der Waals surface area contributed by atoms with Gasteiger partial charge >= 0.3 is 6.01 Å². The van der Waals surface area contributed by atoms with E-state index in [2.05, 4.69) is 38.3 Å². The van der Waals surface area contributed by atoms with Gasteiger partial charge in [0.25, 0.3) is 0 Å². The van der Waals surface area contributed by atoms with Gasteiger partial charge in [0.15, 0.2) is 0 Å². The van der Waals surface area contributed by atoms with E-state index in [4.69, 9.17) is 4.74 Å². The van der Waals surface area contributed by atoms with Crippen molar-refractivity contribution in [1.82, 2.24) is 15.0 Å². The van der Waals surface area contributed by atoms with E-state index in [1.807, 2.05) is 39.6 Å². The Morgan fingerprint density at radius 3 is 2.52 bits per heavy atom. The summed E-state index contributed by atoms with van der Waals surface area (Å²) in [5.74, 6) is 2.32. The molecule has 1 N–H and O–H groups in total. The van der Waals surface area contributed by atoms with E-state index >= 15 is 0 Å². The number of hydrogen-bond donors (Lipinski definition) is 1. The fraction of sp³-hybridized carbons (Fsp3) is 0.786. The van der Waals surface area contributed by atoms with Crippen LogP contribution in [0.4, 0.5) is 11.9 Å². The molecule has 1 heterocycles. The van der Waals surface area contributed by atoms with Gasteiger partial charge in [-0.15, -0.1) is 0 Å². The SMILES string of the molecule is CCNc1nc(OC(C)C)nc(N(C)C(C)CCSC)n1. The Morgan fingerprint density at radius 2 is 1.95 bits per heavy atom. The van der Waals surface area contributed by atoms with Gasteiger partial charge in [0.05, 0.1) is 6.10 Å². The number of hydrogen-bond acceptors (Lipinski definition) is 7. The first kappa shape index (κ1) is 17.8. The Kier molecular flexibility index (Phi) is 7.56. The fourth-order valence-corrected chi connectivity index (χ4v) is 2.26. The molecule has 0 aliphatic heterocycles. The summed E-state index contributed by atoms with van der Waals surface area (Å²) < 4.78 is 5.62. The second-order valence-electron chi connectivity index (χ2n) is 5.18. The monoisotopic (exact) mass is 313 g/mol. The number of nitrogens with zero attached hydrogens (tertiary/aromatic N) is 4. The standard InChI is InChI=1S/C14H27N5OS/c1-7-15-12-16-13(18-14(17-12)20-10(2)3)19(5)11(4)8-9-21-6/h10-11H,7-9H2,1-6H3,(H,15,16,17,18). The molecule has 0 saturated heterocycles. The Labute approximate surface area is 132 Å². The second kappa shape index (κ2) is 8.92. The number of anilines is 2. The first-order chi connectivity index (χ1) is 9.97. The van der Waals surface area contributed by atoms with Gasteiger partial charge in [-0.1, -0.05) is 0 Å². The van der Waals surface area contributed by atoms with Crippen LogP contribution in [0.1, 0.15) is 34.1 Å². The number of nitrogens with one attached hydrogen (secondary N) is 1. The molecule has 1 aromatic heterocycles. The second-order valence-corrected chi connectivity index (χ2v) is 6.17. The highest BCUT2D eigenvalue weighted by Gasteiger charge is 2.16. The minimum Gasteiger partial charge on any atom is -0.461 e. The lowest BCUT2D eigenvalue weighted by molar-refractivity contribution is 0.222. The molecule has 0 aliphatic rings. The molecule has 6 nitrogen and oxygen atoms in total. The molecule has 0 spiro atoms. The maximum Gasteiger partial charge on any atom is 0.323 e. The molecule has 120 valence electrons. The van der Waals surface area contributed by atoms with Crippen LogP contribution in [-0.4, -0.2) is 52.7 Å². The van der Waals surface area contributed by atoms with Gasteiger partial charge in [0.1, 0.15) is 0 Å². The lowest BCUT2D eigenvalue weighted by Gasteiger charge is -2.25. The van der Waals surface area contributed by atoms with Crippen molar-refractivity contribution in [3.63, 3.8) is 0 Å². The van der Waals surface area contributed by atoms with Crippen molar-refractivity contribution in [2.24, 2.45) is 0 Å². The number of thioether (sulfide) groups is 1. The predicted octanol–water partition coefficient (Wildman–Crippen LogP) is 2.67. The Balaban J connectivity index is 2.94.